The Morgan fingerprint density at radius 1 is 1.05 bits per heavy atom. The van der Waals surface area contributed by atoms with Crippen LogP contribution in [-0.4, -0.2) is 39.5 Å². The van der Waals surface area contributed by atoms with E-state index in [1.165, 1.54) is 12.7 Å². The van der Waals surface area contributed by atoms with Gasteiger partial charge in [-0.25, -0.2) is 29.9 Å². The number of imidazole rings is 2. The van der Waals surface area contributed by atoms with E-state index >= 15 is 0 Å². The molecule has 0 aliphatic rings. The molecule has 0 spiro atoms. The van der Waals surface area contributed by atoms with Crippen molar-refractivity contribution in [1.82, 2.24) is 39.5 Å². The van der Waals surface area contributed by atoms with Crippen LogP contribution in [0.15, 0.2) is 25.3 Å². The fourth-order valence-electron chi connectivity index (χ4n) is 1.85. The number of anilines is 1. The number of rotatable bonds is 0. The first-order valence-corrected chi connectivity index (χ1v) is 6.15. The van der Waals surface area contributed by atoms with E-state index in [-0.39, 0.29) is 0 Å². The second-order valence-electron chi connectivity index (χ2n) is 4.35. The zero-order valence-electron chi connectivity index (χ0n) is 11.5. The van der Waals surface area contributed by atoms with Gasteiger partial charge in [0.05, 0.1) is 18.3 Å². The van der Waals surface area contributed by atoms with Gasteiger partial charge in [0.25, 0.3) is 0 Å². The van der Waals surface area contributed by atoms with Crippen LogP contribution in [0.5, 0.6) is 0 Å². The molecule has 4 rings (SSSR count). The predicted octanol–water partition coefficient (Wildman–Crippen LogP) is 0.607. The van der Waals surface area contributed by atoms with Crippen LogP contribution in [0.1, 0.15) is 5.69 Å². The summed E-state index contributed by atoms with van der Waals surface area (Å²) in [5.41, 5.74) is 9.55. The molecule has 0 amide bonds. The summed E-state index contributed by atoms with van der Waals surface area (Å²) in [4.78, 5) is 26.7. The van der Waals surface area contributed by atoms with Crippen molar-refractivity contribution >= 4 is 28.1 Å². The van der Waals surface area contributed by atoms with Crippen molar-refractivity contribution in [3.8, 4) is 0 Å². The second-order valence-corrected chi connectivity index (χ2v) is 4.35. The minimum atomic E-state index is 0.426. The molecule has 3 N–H and O–H groups in total. The van der Waals surface area contributed by atoms with Gasteiger partial charge < -0.3 is 15.3 Å². The maximum atomic E-state index is 5.54. The molecule has 0 saturated heterocycles. The Labute approximate surface area is 119 Å². The average molecular weight is 283 g/mol. The summed E-state index contributed by atoms with van der Waals surface area (Å²) in [6.07, 6.45) is 6.22. The Bertz CT molecular complexity index is 892. The first-order valence-electron chi connectivity index (χ1n) is 6.15. The highest BCUT2D eigenvalue weighted by Gasteiger charge is 2.03. The second kappa shape index (κ2) is 5.12. The fourth-order valence-corrected chi connectivity index (χ4v) is 1.85. The summed E-state index contributed by atoms with van der Waals surface area (Å²) in [6.45, 7) is 1.92. The third kappa shape index (κ3) is 2.36. The number of hydrogen-bond acceptors (Lipinski definition) is 7. The molecule has 0 aromatic carbocycles. The van der Waals surface area contributed by atoms with Crippen molar-refractivity contribution in [2.75, 3.05) is 5.73 Å². The highest BCUT2D eigenvalue weighted by molar-refractivity contribution is 5.80. The smallest absolute Gasteiger partial charge is 0.180 e. The third-order valence-electron chi connectivity index (χ3n) is 2.94. The van der Waals surface area contributed by atoms with E-state index in [9.17, 15) is 0 Å². The molecule has 106 valence electrons. The fraction of sp³-hybridized carbons (Fsp3) is 0.167. The summed E-state index contributed by atoms with van der Waals surface area (Å²) in [5, 5.41) is 0. The van der Waals surface area contributed by atoms with Crippen molar-refractivity contribution in [3.63, 3.8) is 0 Å². The van der Waals surface area contributed by atoms with E-state index < -0.39 is 0 Å². The van der Waals surface area contributed by atoms with Gasteiger partial charge in [0, 0.05) is 7.05 Å². The normalized spacial score (nSPS) is 10.6. The van der Waals surface area contributed by atoms with E-state index in [1.54, 1.807) is 17.2 Å². The Morgan fingerprint density at radius 3 is 2.62 bits per heavy atom. The SMILES string of the molecule is Cc1ncnc2nc[nH]c12.Cn1cnc2c(N)ncnc21. The lowest BCUT2D eigenvalue weighted by Crippen LogP contribution is -1.94. The first kappa shape index (κ1) is 12.9. The minimum absolute atomic E-state index is 0.426. The Kier molecular flexibility index (Phi) is 3.14. The van der Waals surface area contributed by atoms with Crippen molar-refractivity contribution < 1.29 is 0 Å². The van der Waals surface area contributed by atoms with Gasteiger partial charge >= 0.3 is 0 Å². The van der Waals surface area contributed by atoms with Crippen LogP contribution >= 0.6 is 0 Å². The topological polar surface area (TPSA) is 124 Å². The molecule has 4 aromatic heterocycles. The Morgan fingerprint density at radius 2 is 1.86 bits per heavy atom. The van der Waals surface area contributed by atoms with Crippen molar-refractivity contribution in [1.29, 1.82) is 0 Å². The van der Waals surface area contributed by atoms with Gasteiger partial charge in [-0.1, -0.05) is 0 Å². The van der Waals surface area contributed by atoms with Gasteiger partial charge in [-0.15, -0.1) is 0 Å². The Balaban J connectivity index is 0.000000126. The molecule has 9 heteroatoms. The number of aromatic amines is 1. The van der Waals surface area contributed by atoms with E-state index in [0.717, 1.165) is 22.5 Å². The molecule has 0 bridgehead atoms. The van der Waals surface area contributed by atoms with E-state index in [4.69, 9.17) is 5.73 Å². The number of fused-ring (bicyclic) bond motifs is 2. The van der Waals surface area contributed by atoms with Crippen LogP contribution in [0.4, 0.5) is 5.82 Å². The number of nitrogens with one attached hydrogen (secondary N) is 1. The molecule has 0 aliphatic heterocycles. The number of aromatic nitrogens is 8. The summed E-state index contributed by atoms with van der Waals surface area (Å²) >= 11 is 0. The van der Waals surface area contributed by atoms with Gasteiger partial charge in [0.2, 0.25) is 0 Å². The van der Waals surface area contributed by atoms with E-state index in [0.29, 0.717) is 11.3 Å². The first-order chi connectivity index (χ1) is 10.2. The largest absolute Gasteiger partial charge is 0.382 e. The molecule has 0 aliphatic carbocycles. The van der Waals surface area contributed by atoms with Crippen LogP contribution in [0, 0.1) is 6.92 Å². The number of aryl methyl sites for hydroxylation is 2. The highest BCUT2D eigenvalue weighted by Crippen LogP contribution is 2.11. The standard InChI is InChI=1S/C6H7N5.C6H6N4/c1-11-3-10-4-5(7)8-2-9-6(4)11;1-4-5-6(9-2-7-4)10-3-8-5/h2-3H,1H3,(H2,7,8,9);2-3H,1H3,(H,7,8,9,10). The number of nitrogen functional groups attached to an aromatic ring is 1. The van der Waals surface area contributed by atoms with Crippen LogP contribution < -0.4 is 5.73 Å². The van der Waals surface area contributed by atoms with Gasteiger partial charge in [0.15, 0.2) is 17.1 Å². The summed E-state index contributed by atoms with van der Waals surface area (Å²) < 4.78 is 1.80. The number of H-pyrrole nitrogens is 1. The quantitative estimate of drug-likeness (QED) is 0.484. The van der Waals surface area contributed by atoms with Gasteiger partial charge in [-0.2, -0.15) is 0 Å². The number of nitrogens with zero attached hydrogens (tertiary/aromatic N) is 7. The van der Waals surface area contributed by atoms with Gasteiger partial charge in [-0.3, -0.25) is 0 Å². The highest BCUT2D eigenvalue weighted by atomic mass is 15.1. The van der Waals surface area contributed by atoms with Gasteiger partial charge in [-0.05, 0) is 6.92 Å². The van der Waals surface area contributed by atoms with Crippen LogP contribution in [0.3, 0.4) is 0 Å². The molecule has 0 atom stereocenters. The molecule has 4 heterocycles. The van der Waals surface area contributed by atoms with Gasteiger partial charge in [0.1, 0.15) is 23.7 Å². The van der Waals surface area contributed by atoms with Crippen LogP contribution in [0.2, 0.25) is 0 Å². The monoisotopic (exact) mass is 283 g/mol. The number of hydrogen-bond donors (Lipinski definition) is 2. The maximum absolute atomic E-state index is 5.54. The lowest BCUT2D eigenvalue weighted by molar-refractivity contribution is 0.928. The van der Waals surface area contributed by atoms with Crippen LogP contribution in [-0.2, 0) is 7.05 Å². The zero-order chi connectivity index (χ0) is 14.8. The molecule has 0 radical (unpaired) electrons. The predicted molar refractivity (Wildman–Crippen MR) is 77.1 cm³/mol. The summed E-state index contributed by atoms with van der Waals surface area (Å²) in [5.74, 6) is 0.426. The average Bonchev–Trinajstić information content (AvgIpc) is 3.09. The van der Waals surface area contributed by atoms with E-state index in [2.05, 4.69) is 34.9 Å². The van der Waals surface area contributed by atoms with Crippen molar-refractivity contribution in [3.05, 3.63) is 31.0 Å². The molecule has 9 nitrogen and oxygen atoms in total. The lowest BCUT2D eigenvalue weighted by atomic mass is 10.4. The maximum Gasteiger partial charge on any atom is 0.180 e. The Hall–Kier alpha value is -3.10. The zero-order valence-corrected chi connectivity index (χ0v) is 11.5. The third-order valence-corrected chi connectivity index (χ3v) is 2.94. The molecular formula is C12H13N9. The van der Waals surface area contributed by atoms with Crippen molar-refractivity contribution in [2.24, 2.45) is 7.05 Å². The summed E-state index contributed by atoms with van der Waals surface area (Å²) in [6, 6.07) is 0. The molecular weight excluding hydrogens is 270 g/mol. The molecule has 0 fully saturated rings. The van der Waals surface area contributed by atoms with Crippen LogP contribution in [0.25, 0.3) is 22.3 Å². The number of nitrogens with two attached hydrogens (primary N) is 1. The molecule has 4 aromatic rings. The van der Waals surface area contributed by atoms with E-state index in [1.807, 2.05) is 14.0 Å². The molecule has 0 saturated carbocycles. The molecule has 0 unspecified atom stereocenters. The minimum Gasteiger partial charge on any atom is -0.382 e. The lowest BCUT2D eigenvalue weighted by Gasteiger charge is -1.92. The summed E-state index contributed by atoms with van der Waals surface area (Å²) in [7, 11) is 1.86. The van der Waals surface area contributed by atoms with Crippen molar-refractivity contribution in [2.45, 2.75) is 6.92 Å². The molecule has 21 heavy (non-hydrogen) atoms.